The summed E-state index contributed by atoms with van der Waals surface area (Å²) in [6.45, 7) is 13.8. The molecular formula is C34H61N3O10. The Balaban J connectivity index is 2.15. The lowest BCUT2D eigenvalue weighted by molar-refractivity contribution is -0.304. The monoisotopic (exact) mass is 671 g/mol. The van der Waals surface area contributed by atoms with E-state index in [1.54, 1.807) is 20.9 Å². The van der Waals surface area contributed by atoms with E-state index in [0.29, 0.717) is 38.7 Å². The van der Waals surface area contributed by atoms with Crippen LogP contribution in [0.2, 0.25) is 0 Å². The number of ketones is 1. The molecule has 0 radical (unpaired) electrons. The molecule has 13 nitrogen and oxygen atoms in total. The van der Waals surface area contributed by atoms with E-state index < -0.39 is 65.3 Å². The van der Waals surface area contributed by atoms with Crippen LogP contribution in [0, 0.1) is 17.3 Å². The Labute approximate surface area is 280 Å². The predicted octanol–water partition coefficient (Wildman–Crippen LogP) is 1.41. The summed E-state index contributed by atoms with van der Waals surface area (Å²) in [7, 11) is 5.47. The number of aliphatic hydroxyl groups is 2. The molecule has 47 heavy (non-hydrogen) atoms. The van der Waals surface area contributed by atoms with E-state index in [2.05, 4.69) is 17.6 Å². The molecule has 4 rings (SSSR count). The third kappa shape index (κ3) is 8.03. The van der Waals surface area contributed by atoms with Crippen molar-refractivity contribution >= 4 is 18.2 Å². The van der Waals surface area contributed by atoms with Crippen molar-refractivity contribution in [2.45, 2.75) is 141 Å². The second-order valence-electron chi connectivity index (χ2n) is 14.6. The predicted molar refractivity (Wildman–Crippen MR) is 174 cm³/mol. The van der Waals surface area contributed by atoms with Gasteiger partial charge >= 0.3 is 5.97 Å². The standard InChI is InChI=1S/C34H61N3O10/c1-11-25-34(12-2,44-19-39)27(35-8)22(5)36-17-20(3)16-33(7)29(21(4)28(41)32(6,13-14-43-33)31(42)46-25)47-30-26(40)24(37(9)10)15-23(18-38)45-30/h19-27,29-30,35-36,38,40H,11-18H2,1-10H3/t20-,21+,22-,23+,24+,25-,26-,27-,29-,30+,32-,33+,34-/m1/s1. The van der Waals surface area contributed by atoms with Gasteiger partial charge in [-0.1, -0.05) is 27.7 Å². The van der Waals surface area contributed by atoms with Crippen molar-refractivity contribution in [1.82, 2.24) is 15.5 Å². The van der Waals surface area contributed by atoms with Crippen molar-refractivity contribution in [2.24, 2.45) is 17.3 Å². The van der Waals surface area contributed by atoms with Crippen LogP contribution < -0.4 is 10.6 Å². The first-order valence-corrected chi connectivity index (χ1v) is 17.3. The van der Waals surface area contributed by atoms with Gasteiger partial charge in [0.25, 0.3) is 6.47 Å². The molecule has 0 aliphatic carbocycles. The van der Waals surface area contributed by atoms with Crippen LogP contribution in [0.15, 0.2) is 0 Å². The minimum atomic E-state index is -1.60. The summed E-state index contributed by atoms with van der Waals surface area (Å²) in [6.07, 6.45) is -2.93. The number of nitrogens with one attached hydrogen (secondary N) is 2. The van der Waals surface area contributed by atoms with Gasteiger partial charge in [-0.3, -0.25) is 14.4 Å². The molecular weight excluding hydrogens is 610 g/mol. The number of Topliss-reactive ketones (excluding diaryl/α,β-unsaturated/α-hetero) is 1. The van der Waals surface area contributed by atoms with Gasteiger partial charge in [-0.25, -0.2) is 0 Å². The van der Waals surface area contributed by atoms with Crippen molar-refractivity contribution in [1.29, 1.82) is 0 Å². The molecule has 4 heterocycles. The van der Waals surface area contributed by atoms with E-state index in [-0.39, 0.29) is 43.4 Å². The molecule has 13 atom stereocenters. The van der Waals surface area contributed by atoms with Gasteiger partial charge < -0.3 is 49.4 Å². The number of nitrogens with zero attached hydrogens (tertiary/aromatic N) is 1. The minimum Gasteiger partial charge on any atom is -0.457 e. The number of ether oxygens (including phenoxy) is 5. The molecule has 0 amide bonds. The maximum atomic E-state index is 14.6. The third-order valence-electron chi connectivity index (χ3n) is 11.0. The summed E-state index contributed by atoms with van der Waals surface area (Å²) in [5, 5.41) is 28.3. The molecule has 0 aromatic carbocycles. The molecule has 0 spiro atoms. The van der Waals surface area contributed by atoms with Gasteiger partial charge in [0.1, 0.15) is 17.6 Å². The van der Waals surface area contributed by atoms with Gasteiger partial charge in [-0.2, -0.15) is 0 Å². The number of carbonyl (C=O) groups excluding carboxylic acids is 3. The molecule has 272 valence electrons. The SMILES string of the molecule is CC[C@H]1OC(=O)[C@]2(C)CCO[C@@](C)(C[C@@H](C)CN[C@H](C)[C@@H](NC)[C@]1(CC)OC=O)[C@H](O[C@@H]1O[C@H](CO)C[C@H](N(C)C)[C@H]1O)[C@@H](C)C2=O. The van der Waals surface area contributed by atoms with E-state index in [1.807, 2.05) is 46.7 Å². The highest BCUT2D eigenvalue weighted by Gasteiger charge is 2.57. The number of aliphatic hydroxyl groups excluding tert-OH is 2. The number of likely N-dealkylation sites (N-methyl/N-ethyl adjacent to an activating group) is 2. The summed E-state index contributed by atoms with van der Waals surface area (Å²) in [4.78, 5) is 42.7. The topological polar surface area (TPSA) is 165 Å². The molecule has 4 N–H and O–H groups in total. The molecule has 2 bridgehead atoms. The van der Waals surface area contributed by atoms with Crippen LogP contribution in [0.5, 0.6) is 0 Å². The Morgan fingerprint density at radius 1 is 1.17 bits per heavy atom. The van der Waals surface area contributed by atoms with Crippen molar-refractivity contribution in [2.75, 3.05) is 40.9 Å². The van der Waals surface area contributed by atoms with E-state index in [0.717, 1.165) is 0 Å². The van der Waals surface area contributed by atoms with Gasteiger partial charge in [0, 0.05) is 24.6 Å². The second-order valence-corrected chi connectivity index (χ2v) is 14.6. The van der Waals surface area contributed by atoms with Gasteiger partial charge in [0.05, 0.1) is 30.5 Å². The Bertz CT molecular complexity index is 1070. The molecule has 4 aliphatic rings. The van der Waals surface area contributed by atoms with Crippen LogP contribution in [0.4, 0.5) is 0 Å². The van der Waals surface area contributed by atoms with Crippen molar-refractivity contribution in [3.63, 3.8) is 0 Å². The van der Waals surface area contributed by atoms with Crippen LogP contribution >= 0.6 is 0 Å². The van der Waals surface area contributed by atoms with Gasteiger partial charge in [-0.05, 0) is 86.5 Å². The largest absolute Gasteiger partial charge is 0.457 e. The fourth-order valence-corrected chi connectivity index (χ4v) is 8.25. The Hall–Kier alpha value is -1.71. The number of rotatable bonds is 9. The minimum absolute atomic E-state index is 0.0177. The summed E-state index contributed by atoms with van der Waals surface area (Å²) in [5.74, 6) is -1.95. The van der Waals surface area contributed by atoms with Crippen molar-refractivity contribution in [3.05, 3.63) is 0 Å². The number of esters is 1. The van der Waals surface area contributed by atoms with Gasteiger partial charge in [0.2, 0.25) is 0 Å². The first kappa shape index (κ1) is 39.7. The average Bonchev–Trinajstić information content (AvgIpc) is 3.03. The van der Waals surface area contributed by atoms with Crippen LogP contribution in [0.3, 0.4) is 0 Å². The quantitative estimate of drug-likeness (QED) is 0.158. The first-order chi connectivity index (χ1) is 22.1. The normalized spacial score (nSPS) is 44.3. The highest BCUT2D eigenvalue weighted by Crippen LogP contribution is 2.43. The Kier molecular flexibility index (Phi) is 13.8. The molecule has 4 saturated heterocycles. The van der Waals surface area contributed by atoms with E-state index in [9.17, 15) is 24.6 Å². The number of hydrogen-bond acceptors (Lipinski definition) is 13. The first-order valence-electron chi connectivity index (χ1n) is 17.3. The van der Waals surface area contributed by atoms with Gasteiger partial charge in [0.15, 0.2) is 17.7 Å². The summed E-state index contributed by atoms with van der Waals surface area (Å²) in [5.41, 5.74) is -3.84. The number of carbonyl (C=O) groups is 3. The van der Waals surface area contributed by atoms with Gasteiger partial charge in [-0.15, -0.1) is 0 Å². The summed E-state index contributed by atoms with van der Waals surface area (Å²) < 4.78 is 31.4. The Morgan fingerprint density at radius 2 is 1.85 bits per heavy atom. The zero-order valence-corrected chi connectivity index (χ0v) is 30.1. The average molecular weight is 672 g/mol. The van der Waals surface area contributed by atoms with E-state index in [4.69, 9.17) is 23.7 Å². The molecule has 0 unspecified atom stereocenters. The maximum Gasteiger partial charge on any atom is 0.319 e. The van der Waals surface area contributed by atoms with E-state index in [1.165, 1.54) is 0 Å². The molecule has 0 aromatic rings. The second kappa shape index (κ2) is 16.3. The summed E-state index contributed by atoms with van der Waals surface area (Å²) in [6, 6.07) is -1.02. The van der Waals surface area contributed by atoms with E-state index >= 15 is 0 Å². The third-order valence-corrected chi connectivity index (χ3v) is 11.0. The molecule has 4 aliphatic heterocycles. The maximum absolute atomic E-state index is 14.6. The lowest BCUT2D eigenvalue weighted by Crippen LogP contribution is -2.66. The molecule has 0 aromatic heterocycles. The van der Waals surface area contributed by atoms with Crippen molar-refractivity contribution in [3.8, 4) is 0 Å². The van der Waals surface area contributed by atoms with Crippen LogP contribution in [0.25, 0.3) is 0 Å². The highest BCUT2D eigenvalue weighted by molar-refractivity contribution is 6.04. The van der Waals surface area contributed by atoms with Crippen LogP contribution in [0.1, 0.15) is 80.6 Å². The number of hydrogen-bond donors (Lipinski definition) is 4. The smallest absolute Gasteiger partial charge is 0.319 e. The zero-order valence-electron chi connectivity index (χ0n) is 30.1. The fourth-order valence-electron chi connectivity index (χ4n) is 8.25. The molecule has 4 fully saturated rings. The van der Waals surface area contributed by atoms with Crippen LogP contribution in [-0.4, -0.2) is 134 Å². The number of fused-ring (bicyclic) bond motifs is 13. The highest BCUT2D eigenvalue weighted by atomic mass is 16.7. The molecule has 0 saturated carbocycles. The fraction of sp³-hybridized carbons (Fsp3) is 0.912. The van der Waals surface area contributed by atoms with Crippen LogP contribution in [-0.2, 0) is 38.1 Å². The van der Waals surface area contributed by atoms with Crippen molar-refractivity contribution < 1.29 is 48.3 Å². The lowest BCUT2D eigenvalue weighted by Gasteiger charge is -2.49. The molecule has 13 heteroatoms. The Morgan fingerprint density at radius 3 is 2.40 bits per heavy atom. The summed E-state index contributed by atoms with van der Waals surface area (Å²) >= 11 is 0. The lowest BCUT2D eigenvalue weighted by atomic mass is 9.70. The zero-order chi connectivity index (χ0) is 35.3.